The van der Waals surface area contributed by atoms with E-state index >= 15 is 0 Å². The van der Waals surface area contributed by atoms with Crippen molar-refractivity contribution in [3.63, 3.8) is 0 Å². The number of benzene rings is 2. The Bertz CT molecular complexity index is 2400. The average Bonchev–Trinajstić information content (AvgIpc) is 4.01. The number of rotatable bonds is 10. The molecule has 4 saturated heterocycles. The van der Waals surface area contributed by atoms with Gasteiger partial charge in [0.25, 0.3) is 11.8 Å². The Morgan fingerprint density at radius 2 is 1.73 bits per heavy atom. The topological polar surface area (TPSA) is 192 Å². The van der Waals surface area contributed by atoms with E-state index in [-0.39, 0.29) is 36.4 Å². The zero-order valence-corrected chi connectivity index (χ0v) is 33.0. The second-order valence-corrected chi connectivity index (χ2v) is 16.2. The van der Waals surface area contributed by atoms with Gasteiger partial charge < -0.3 is 35.2 Å². The lowest BCUT2D eigenvalue weighted by molar-refractivity contribution is -0.134. The number of amides is 4. The predicted octanol–water partition coefficient (Wildman–Crippen LogP) is 3.00. The van der Waals surface area contributed by atoms with Crippen molar-refractivity contribution in [2.45, 2.75) is 63.1 Å². The Morgan fingerprint density at radius 1 is 0.915 bits per heavy atom. The van der Waals surface area contributed by atoms with Crippen molar-refractivity contribution in [1.29, 1.82) is 0 Å². The quantitative estimate of drug-likeness (QED) is 0.151. The van der Waals surface area contributed by atoms with E-state index in [9.17, 15) is 24.3 Å². The standard InChI is InChI=1S/C42H49N11O6/c1-59-37-21-29(2-3-31(37)40(56)44-32-5-7-39(55)46-41(32)57)50-16-8-26(9-17-50)23-49-14-10-28(11-15-49)53-24-27-20-35(36(22-34(27)48-53)51-18-12-30(54)25-51)45-42(58)33-4-6-38-43-13-19-52(38)47-33/h2-4,6,13,19-22,24,26,28,30,32,54H,5,7-12,14-18,23,25H2,1H3,(H,44,56)(H,45,58)(H,46,55,57)/t30-,32?/m0/s1. The van der Waals surface area contributed by atoms with Crippen LogP contribution in [0, 0.1) is 5.92 Å². The highest BCUT2D eigenvalue weighted by Gasteiger charge is 2.31. The van der Waals surface area contributed by atoms with Gasteiger partial charge in [-0.2, -0.15) is 10.2 Å². The highest BCUT2D eigenvalue weighted by Crippen LogP contribution is 2.36. The van der Waals surface area contributed by atoms with Gasteiger partial charge in [-0.1, -0.05) is 0 Å². The first-order chi connectivity index (χ1) is 28.7. The lowest BCUT2D eigenvalue weighted by Gasteiger charge is -2.38. The molecule has 5 aromatic rings. The average molecular weight is 804 g/mol. The number of imide groups is 1. The zero-order valence-electron chi connectivity index (χ0n) is 33.0. The summed E-state index contributed by atoms with van der Waals surface area (Å²) in [6.45, 7) is 6.03. The van der Waals surface area contributed by atoms with E-state index < -0.39 is 24.0 Å². The van der Waals surface area contributed by atoms with Gasteiger partial charge in [0.15, 0.2) is 5.65 Å². The molecule has 7 heterocycles. The Morgan fingerprint density at radius 3 is 2.49 bits per heavy atom. The summed E-state index contributed by atoms with van der Waals surface area (Å²) < 4.78 is 9.27. The number of β-amino-alcohol motifs (C(OH)–C–C–N with tert-alkyl or cyclic N) is 1. The number of aliphatic hydroxyl groups is 1. The molecule has 0 aliphatic carbocycles. The van der Waals surface area contributed by atoms with Crippen molar-refractivity contribution in [1.82, 2.24) is 39.9 Å². The van der Waals surface area contributed by atoms with Crippen LogP contribution in [0.15, 0.2) is 61.1 Å². The maximum absolute atomic E-state index is 13.4. The summed E-state index contributed by atoms with van der Waals surface area (Å²) in [6.07, 6.45) is 10.3. The number of nitrogens with one attached hydrogen (secondary N) is 3. The SMILES string of the molecule is COc1cc(N2CCC(CN3CCC(n4cc5cc(NC(=O)c6ccc7nccn7n6)c(N6CC[C@H](O)C6)cc5n4)CC3)CC2)ccc1C(=O)NC1CCC(=O)NC1=O. The molecule has 17 heteroatoms. The molecule has 2 aromatic carbocycles. The molecule has 17 nitrogen and oxygen atoms in total. The maximum atomic E-state index is 13.4. The molecule has 4 amide bonds. The number of piperidine rings is 3. The van der Waals surface area contributed by atoms with Crippen molar-refractivity contribution in [2.75, 3.05) is 68.0 Å². The Labute approximate surface area is 340 Å². The molecule has 308 valence electrons. The van der Waals surface area contributed by atoms with Crippen molar-refractivity contribution in [2.24, 2.45) is 5.92 Å². The van der Waals surface area contributed by atoms with Gasteiger partial charge in [0.1, 0.15) is 17.5 Å². The van der Waals surface area contributed by atoms with Crippen LogP contribution in [-0.4, -0.2) is 123 Å². The van der Waals surface area contributed by atoms with Crippen LogP contribution in [0.1, 0.15) is 71.8 Å². The van der Waals surface area contributed by atoms with Crippen LogP contribution in [0.3, 0.4) is 0 Å². The number of ether oxygens (including phenoxy) is 1. The number of aromatic nitrogens is 5. The molecule has 0 radical (unpaired) electrons. The number of nitrogens with zero attached hydrogens (tertiary/aromatic N) is 8. The molecule has 59 heavy (non-hydrogen) atoms. The van der Waals surface area contributed by atoms with E-state index in [2.05, 4.69) is 51.6 Å². The molecular weight excluding hydrogens is 755 g/mol. The summed E-state index contributed by atoms with van der Waals surface area (Å²) in [5.74, 6) is -0.518. The second-order valence-electron chi connectivity index (χ2n) is 16.2. The van der Waals surface area contributed by atoms with Gasteiger partial charge >= 0.3 is 0 Å². The van der Waals surface area contributed by atoms with E-state index in [1.54, 1.807) is 35.1 Å². The minimum absolute atomic E-state index is 0.189. The van der Waals surface area contributed by atoms with Crippen molar-refractivity contribution in [3.8, 4) is 5.75 Å². The number of carbonyl (C=O) groups is 4. The molecule has 4 aliphatic rings. The number of carbonyl (C=O) groups excluding carboxylic acids is 4. The van der Waals surface area contributed by atoms with Gasteiger partial charge in [-0.15, -0.1) is 0 Å². The van der Waals surface area contributed by atoms with Crippen LogP contribution in [0.25, 0.3) is 16.6 Å². The fraction of sp³-hybridized carbons (Fsp3) is 0.452. The summed E-state index contributed by atoms with van der Waals surface area (Å²) in [5, 5.41) is 28.9. The van der Waals surface area contributed by atoms with Gasteiger partial charge in [-0.3, -0.25) is 29.2 Å². The van der Waals surface area contributed by atoms with Gasteiger partial charge in [0.05, 0.1) is 41.7 Å². The molecule has 1 unspecified atom stereocenters. The highest BCUT2D eigenvalue weighted by molar-refractivity contribution is 6.07. The van der Waals surface area contributed by atoms with Gasteiger partial charge in [0, 0.05) is 88.0 Å². The van der Waals surface area contributed by atoms with Crippen LogP contribution < -0.4 is 30.5 Å². The van der Waals surface area contributed by atoms with E-state index in [1.165, 1.54) is 7.11 Å². The molecule has 0 bridgehead atoms. The number of fused-ring (bicyclic) bond motifs is 2. The highest BCUT2D eigenvalue weighted by atomic mass is 16.5. The normalized spacial score (nSPS) is 21.0. The van der Waals surface area contributed by atoms with E-state index in [4.69, 9.17) is 9.84 Å². The van der Waals surface area contributed by atoms with Crippen LogP contribution in [0.2, 0.25) is 0 Å². The molecule has 4 N–H and O–H groups in total. The molecule has 4 fully saturated rings. The predicted molar refractivity (Wildman–Crippen MR) is 220 cm³/mol. The first-order valence-corrected chi connectivity index (χ1v) is 20.5. The largest absolute Gasteiger partial charge is 0.496 e. The van der Waals surface area contributed by atoms with Gasteiger partial charge in [-0.05, 0) is 80.8 Å². The first kappa shape index (κ1) is 38.4. The van der Waals surface area contributed by atoms with Gasteiger partial charge in [-0.25, -0.2) is 9.50 Å². The van der Waals surface area contributed by atoms with Crippen molar-refractivity contribution >= 4 is 57.2 Å². The molecule has 3 aromatic heterocycles. The molecule has 0 spiro atoms. The Kier molecular flexibility index (Phi) is 10.6. The fourth-order valence-electron chi connectivity index (χ4n) is 8.95. The number of hydrogen-bond donors (Lipinski definition) is 4. The first-order valence-electron chi connectivity index (χ1n) is 20.5. The third-order valence-electron chi connectivity index (χ3n) is 12.3. The van der Waals surface area contributed by atoms with Crippen LogP contribution in [-0.2, 0) is 9.59 Å². The van der Waals surface area contributed by atoms with Crippen LogP contribution in [0.5, 0.6) is 5.75 Å². The number of imidazole rings is 1. The summed E-state index contributed by atoms with van der Waals surface area (Å²) in [6, 6.07) is 12.5. The Hall–Kier alpha value is -6.07. The minimum atomic E-state index is -0.754. The Balaban J connectivity index is 0.796. The van der Waals surface area contributed by atoms with Crippen LogP contribution in [0.4, 0.5) is 17.1 Å². The number of aliphatic hydroxyl groups excluding tert-OH is 1. The summed E-state index contributed by atoms with van der Waals surface area (Å²) in [7, 11) is 1.53. The molecule has 9 rings (SSSR count). The zero-order chi connectivity index (χ0) is 40.6. The fourth-order valence-corrected chi connectivity index (χ4v) is 8.95. The minimum Gasteiger partial charge on any atom is -0.496 e. The summed E-state index contributed by atoms with van der Waals surface area (Å²) in [5.41, 5.74) is 4.64. The molecular formula is C42H49N11O6. The summed E-state index contributed by atoms with van der Waals surface area (Å²) >= 11 is 0. The summed E-state index contributed by atoms with van der Waals surface area (Å²) in [4.78, 5) is 61.4. The van der Waals surface area contributed by atoms with Gasteiger partial charge in [0.2, 0.25) is 11.8 Å². The second kappa shape index (κ2) is 16.3. The van der Waals surface area contributed by atoms with E-state index in [0.717, 1.165) is 80.7 Å². The van der Waals surface area contributed by atoms with E-state index in [0.29, 0.717) is 48.1 Å². The lowest BCUT2D eigenvalue weighted by Crippen LogP contribution is -2.52. The monoisotopic (exact) mass is 803 g/mol. The number of likely N-dealkylation sites (tertiary alicyclic amines) is 1. The maximum Gasteiger partial charge on any atom is 0.276 e. The smallest absolute Gasteiger partial charge is 0.276 e. The van der Waals surface area contributed by atoms with Crippen LogP contribution >= 0.6 is 0 Å². The molecule has 2 atom stereocenters. The number of anilines is 3. The number of hydrogen-bond acceptors (Lipinski definition) is 12. The van der Waals surface area contributed by atoms with Crippen molar-refractivity contribution < 1.29 is 29.0 Å². The third kappa shape index (κ3) is 8.16. The molecule has 0 saturated carbocycles. The molecule has 4 aliphatic heterocycles. The lowest BCUT2D eigenvalue weighted by atomic mass is 9.94. The van der Waals surface area contributed by atoms with E-state index in [1.807, 2.05) is 24.3 Å². The number of methoxy groups -OCH3 is 1. The third-order valence-corrected chi connectivity index (χ3v) is 12.3. The van der Waals surface area contributed by atoms with Crippen molar-refractivity contribution in [3.05, 3.63) is 72.3 Å².